The van der Waals surface area contributed by atoms with E-state index in [0.29, 0.717) is 31.0 Å². The second-order valence-corrected chi connectivity index (χ2v) is 10.9. The molecule has 2 N–H and O–H groups in total. The summed E-state index contributed by atoms with van der Waals surface area (Å²) in [5.41, 5.74) is 9.11. The van der Waals surface area contributed by atoms with E-state index in [1.54, 1.807) is 15.6 Å². The number of anilines is 1. The maximum absolute atomic E-state index is 14.2. The van der Waals surface area contributed by atoms with E-state index in [1.165, 1.54) is 0 Å². The number of alkyl halides is 3. The van der Waals surface area contributed by atoms with Crippen LogP contribution in [0.1, 0.15) is 61.2 Å². The molecule has 0 aromatic carbocycles. The highest BCUT2D eigenvalue weighted by Crippen LogP contribution is 2.50. The van der Waals surface area contributed by atoms with Crippen molar-refractivity contribution >= 4 is 16.7 Å². The molecule has 4 heterocycles. The second kappa shape index (κ2) is 7.94. The summed E-state index contributed by atoms with van der Waals surface area (Å²) in [6.45, 7) is 3.27. The number of aromatic nitrogens is 5. The van der Waals surface area contributed by atoms with Gasteiger partial charge in [0.05, 0.1) is 17.3 Å². The van der Waals surface area contributed by atoms with E-state index in [-0.39, 0.29) is 18.0 Å². The number of nitrogens with two attached hydrogens (primary N) is 1. The van der Waals surface area contributed by atoms with Crippen LogP contribution in [-0.2, 0) is 32.7 Å². The largest absolute Gasteiger partial charge is 0.435 e. The zero-order valence-corrected chi connectivity index (χ0v) is 20.3. The topological polar surface area (TPSA) is 77.8 Å². The van der Waals surface area contributed by atoms with Gasteiger partial charge in [-0.2, -0.15) is 23.4 Å². The molecule has 0 spiro atoms. The highest BCUT2D eigenvalue weighted by atomic mass is 19.4. The predicted molar refractivity (Wildman–Crippen MR) is 127 cm³/mol. The molecule has 2 aliphatic carbocycles. The van der Waals surface area contributed by atoms with Gasteiger partial charge in [0, 0.05) is 56.1 Å². The molecule has 10 heteroatoms. The number of fused-ring (bicyclic) bond motifs is 4. The van der Waals surface area contributed by atoms with Gasteiger partial charge in [-0.3, -0.25) is 9.36 Å². The number of rotatable bonds is 3. The normalized spacial score (nSPS) is 26.9. The number of hydrogen-bond donors (Lipinski definition) is 1. The highest BCUT2D eigenvalue weighted by molar-refractivity contribution is 5.89. The van der Waals surface area contributed by atoms with Crippen molar-refractivity contribution in [1.29, 1.82) is 0 Å². The van der Waals surface area contributed by atoms with Crippen molar-refractivity contribution < 1.29 is 13.2 Å². The molecule has 3 aromatic rings. The Morgan fingerprint density at radius 3 is 2.86 bits per heavy atom. The van der Waals surface area contributed by atoms with E-state index in [9.17, 15) is 13.2 Å². The lowest BCUT2D eigenvalue weighted by atomic mass is 9.60. The fourth-order valence-electron chi connectivity index (χ4n) is 6.88. The van der Waals surface area contributed by atoms with E-state index >= 15 is 0 Å². The molecule has 6 rings (SSSR count). The van der Waals surface area contributed by atoms with E-state index in [1.807, 2.05) is 24.9 Å². The van der Waals surface area contributed by atoms with E-state index in [2.05, 4.69) is 15.2 Å². The molecule has 1 aliphatic heterocycles. The van der Waals surface area contributed by atoms with Crippen molar-refractivity contribution in [3.63, 3.8) is 0 Å². The summed E-state index contributed by atoms with van der Waals surface area (Å²) in [6, 6.07) is 2.17. The van der Waals surface area contributed by atoms with Crippen molar-refractivity contribution in [1.82, 2.24) is 24.5 Å². The van der Waals surface area contributed by atoms with Gasteiger partial charge in [-0.15, -0.1) is 0 Å². The zero-order valence-electron chi connectivity index (χ0n) is 20.3. The summed E-state index contributed by atoms with van der Waals surface area (Å²) in [6.07, 6.45) is 4.00. The first-order chi connectivity index (χ1) is 16.6. The third kappa shape index (κ3) is 3.80. The molecular formula is C25H32F3N7. The Morgan fingerprint density at radius 1 is 1.23 bits per heavy atom. The zero-order chi connectivity index (χ0) is 24.5. The average Bonchev–Trinajstić information content (AvgIpc) is 3.36. The minimum atomic E-state index is -4.49. The van der Waals surface area contributed by atoms with Gasteiger partial charge in [-0.25, -0.2) is 4.98 Å². The molecule has 2 fully saturated rings. The molecule has 0 saturated heterocycles. The van der Waals surface area contributed by atoms with Crippen molar-refractivity contribution in [3.05, 3.63) is 34.9 Å². The number of hydrogen-bond acceptors (Lipinski definition) is 5. The summed E-state index contributed by atoms with van der Waals surface area (Å²) < 4.78 is 46.0. The molecule has 0 radical (unpaired) electrons. The van der Waals surface area contributed by atoms with Crippen LogP contribution in [0.25, 0.3) is 11.0 Å². The molecule has 3 unspecified atom stereocenters. The molecule has 35 heavy (non-hydrogen) atoms. The summed E-state index contributed by atoms with van der Waals surface area (Å²) in [7, 11) is 1.83. The van der Waals surface area contributed by atoms with Crippen LogP contribution < -0.4 is 10.6 Å². The predicted octanol–water partition coefficient (Wildman–Crippen LogP) is 4.35. The SMILES string of the molecule is Cc1cc(N2CCc3c(c(C(F)(F)F)nn3CC34CCCC(C3)C(N)CC4)C2)c2cnn(C)c2n1. The number of nitrogens with zero attached hydrogens (tertiary/aromatic N) is 6. The summed E-state index contributed by atoms with van der Waals surface area (Å²) in [5, 5.41) is 9.41. The maximum Gasteiger partial charge on any atom is 0.435 e. The molecular weight excluding hydrogens is 455 g/mol. The van der Waals surface area contributed by atoms with Crippen molar-refractivity contribution in [3.8, 4) is 0 Å². The Hall–Kier alpha value is -2.62. The third-order valence-electron chi connectivity index (χ3n) is 8.63. The van der Waals surface area contributed by atoms with Gasteiger partial charge in [0.15, 0.2) is 11.3 Å². The van der Waals surface area contributed by atoms with Crippen LogP contribution in [0.15, 0.2) is 12.3 Å². The molecule has 0 amide bonds. The van der Waals surface area contributed by atoms with Crippen LogP contribution in [0.2, 0.25) is 0 Å². The standard InChI is InChI=1S/C25H32F3N7/c1-15-10-21(17-12-30-33(2)23(17)31-15)34-9-6-20-18(13-34)22(25(26,27)28)32-35(20)14-24-7-3-4-16(11-24)19(29)5-8-24/h10,12,16,19H,3-9,11,13-14,29H2,1-2H3. The van der Waals surface area contributed by atoms with Crippen molar-refractivity contribution in [2.24, 2.45) is 24.1 Å². The molecule has 2 saturated carbocycles. The fraction of sp³-hybridized carbons (Fsp3) is 0.640. The van der Waals surface area contributed by atoms with Crippen LogP contribution in [0, 0.1) is 18.3 Å². The summed E-state index contributed by atoms with van der Waals surface area (Å²) in [5.74, 6) is 0.485. The van der Waals surface area contributed by atoms with Crippen LogP contribution in [0.3, 0.4) is 0 Å². The van der Waals surface area contributed by atoms with Crippen LogP contribution in [0.5, 0.6) is 0 Å². The first-order valence-electron chi connectivity index (χ1n) is 12.6. The quantitative estimate of drug-likeness (QED) is 0.594. The molecule has 2 bridgehead atoms. The maximum atomic E-state index is 14.2. The molecule has 7 nitrogen and oxygen atoms in total. The molecule has 3 aromatic heterocycles. The Morgan fingerprint density at radius 2 is 2.06 bits per heavy atom. The van der Waals surface area contributed by atoms with Gasteiger partial charge in [0.1, 0.15) is 0 Å². The van der Waals surface area contributed by atoms with Gasteiger partial charge < -0.3 is 10.6 Å². The minimum absolute atomic E-state index is 0.0165. The summed E-state index contributed by atoms with van der Waals surface area (Å²) in [4.78, 5) is 6.59. The Kier molecular flexibility index (Phi) is 5.18. The van der Waals surface area contributed by atoms with Crippen LogP contribution >= 0.6 is 0 Å². The smallest absolute Gasteiger partial charge is 0.366 e. The lowest BCUT2D eigenvalue weighted by molar-refractivity contribution is -0.142. The summed E-state index contributed by atoms with van der Waals surface area (Å²) >= 11 is 0. The van der Waals surface area contributed by atoms with Gasteiger partial charge in [0.2, 0.25) is 0 Å². The first kappa shape index (κ1) is 22.8. The van der Waals surface area contributed by atoms with Gasteiger partial charge in [-0.05, 0) is 56.4 Å². The second-order valence-electron chi connectivity index (χ2n) is 10.9. The Labute approximate surface area is 202 Å². The van der Waals surface area contributed by atoms with Crippen LogP contribution in [0.4, 0.5) is 18.9 Å². The average molecular weight is 488 g/mol. The lowest BCUT2D eigenvalue weighted by Crippen LogP contribution is -2.46. The van der Waals surface area contributed by atoms with Gasteiger partial charge in [-0.1, -0.05) is 6.42 Å². The minimum Gasteiger partial charge on any atom is -0.366 e. The number of halogens is 3. The Balaban J connectivity index is 1.37. The van der Waals surface area contributed by atoms with Crippen LogP contribution in [-0.4, -0.2) is 37.1 Å². The molecule has 3 aliphatic rings. The molecule has 3 atom stereocenters. The fourth-order valence-corrected chi connectivity index (χ4v) is 6.88. The first-order valence-corrected chi connectivity index (χ1v) is 12.6. The number of aryl methyl sites for hydroxylation is 2. The Bertz CT molecular complexity index is 1280. The van der Waals surface area contributed by atoms with Crippen molar-refractivity contribution in [2.45, 2.75) is 77.2 Å². The van der Waals surface area contributed by atoms with E-state index in [0.717, 1.165) is 66.6 Å². The highest BCUT2D eigenvalue weighted by Gasteiger charge is 2.45. The van der Waals surface area contributed by atoms with Gasteiger partial charge >= 0.3 is 6.18 Å². The number of pyridine rings is 1. The third-order valence-corrected chi connectivity index (χ3v) is 8.63. The van der Waals surface area contributed by atoms with Gasteiger partial charge in [0.25, 0.3) is 0 Å². The lowest BCUT2D eigenvalue weighted by Gasteiger charge is -2.48. The monoisotopic (exact) mass is 487 g/mol. The molecule has 188 valence electrons. The van der Waals surface area contributed by atoms with E-state index in [4.69, 9.17) is 5.73 Å². The van der Waals surface area contributed by atoms with E-state index < -0.39 is 11.9 Å². The van der Waals surface area contributed by atoms with Crippen molar-refractivity contribution in [2.75, 3.05) is 11.4 Å².